The van der Waals surface area contributed by atoms with Crippen molar-refractivity contribution in [3.05, 3.63) is 71.1 Å². The number of aromatic nitrogens is 4. The minimum Gasteiger partial charge on any atom is -0.370 e. The van der Waals surface area contributed by atoms with Crippen LogP contribution in [0.25, 0.3) is 10.9 Å². The molecule has 176 valence electrons. The molecular formula is C26H30FN7. The molecule has 2 N–H and O–H groups in total. The van der Waals surface area contributed by atoms with Gasteiger partial charge in [-0.3, -0.25) is 0 Å². The van der Waals surface area contributed by atoms with E-state index in [0.717, 1.165) is 78.1 Å². The summed E-state index contributed by atoms with van der Waals surface area (Å²) in [4.78, 5) is 21.6. The number of benzene rings is 1. The minimum atomic E-state index is -0.206. The molecule has 5 rings (SSSR count). The maximum atomic E-state index is 14.3. The summed E-state index contributed by atoms with van der Waals surface area (Å²) in [5.41, 5.74) is 3.84. The fraction of sp³-hybridized carbons (Fsp3) is 0.346. The maximum absolute atomic E-state index is 14.3. The number of rotatable bonds is 6. The van der Waals surface area contributed by atoms with Gasteiger partial charge >= 0.3 is 0 Å². The first-order valence-corrected chi connectivity index (χ1v) is 11.8. The first-order valence-electron chi connectivity index (χ1n) is 11.8. The molecule has 34 heavy (non-hydrogen) atoms. The second-order valence-electron chi connectivity index (χ2n) is 8.84. The Hall–Kier alpha value is -3.68. The van der Waals surface area contributed by atoms with Crippen molar-refractivity contribution in [3.63, 3.8) is 0 Å². The second-order valence-corrected chi connectivity index (χ2v) is 8.84. The van der Waals surface area contributed by atoms with Crippen molar-refractivity contribution in [2.45, 2.75) is 27.2 Å². The summed E-state index contributed by atoms with van der Waals surface area (Å²) >= 11 is 0. The average Bonchev–Trinajstić information content (AvgIpc) is 3.19. The Morgan fingerprint density at radius 2 is 1.74 bits per heavy atom. The monoisotopic (exact) mass is 459 g/mol. The van der Waals surface area contributed by atoms with Crippen molar-refractivity contribution in [2.24, 2.45) is 0 Å². The van der Waals surface area contributed by atoms with Gasteiger partial charge in [0.1, 0.15) is 29.1 Å². The summed E-state index contributed by atoms with van der Waals surface area (Å²) < 4.78 is 14.3. The molecule has 1 aliphatic rings. The van der Waals surface area contributed by atoms with Gasteiger partial charge < -0.3 is 20.1 Å². The third-order valence-corrected chi connectivity index (χ3v) is 6.51. The van der Waals surface area contributed by atoms with Gasteiger partial charge in [-0.05, 0) is 56.5 Å². The first kappa shape index (κ1) is 22.1. The Morgan fingerprint density at radius 3 is 2.47 bits per heavy atom. The van der Waals surface area contributed by atoms with Crippen LogP contribution in [0.15, 0.2) is 42.6 Å². The first-order chi connectivity index (χ1) is 16.5. The molecule has 0 atom stereocenters. The van der Waals surface area contributed by atoms with E-state index >= 15 is 0 Å². The van der Waals surface area contributed by atoms with E-state index in [1.165, 1.54) is 6.07 Å². The molecular weight excluding hydrogens is 429 g/mol. The zero-order valence-electron chi connectivity index (χ0n) is 19.9. The largest absolute Gasteiger partial charge is 0.370 e. The van der Waals surface area contributed by atoms with Crippen molar-refractivity contribution in [1.29, 1.82) is 0 Å². The lowest BCUT2D eigenvalue weighted by Crippen LogP contribution is -2.47. The van der Waals surface area contributed by atoms with Crippen LogP contribution in [0.2, 0.25) is 0 Å². The molecule has 0 aliphatic carbocycles. The SMILES string of the molecule is Cc1nc(NCCc2c(C)[nH]c3c(F)ccc(C)c23)cc(N2CCN(c3ccccn3)CC2)n1. The van der Waals surface area contributed by atoms with Crippen LogP contribution in [0.4, 0.5) is 21.8 Å². The Morgan fingerprint density at radius 1 is 0.971 bits per heavy atom. The molecule has 8 heteroatoms. The van der Waals surface area contributed by atoms with Gasteiger partial charge in [-0.15, -0.1) is 0 Å². The predicted molar refractivity (Wildman–Crippen MR) is 135 cm³/mol. The number of piperazine rings is 1. The zero-order chi connectivity index (χ0) is 23.7. The Balaban J connectivity index is 1.25. The van der Waals surface area contributed by atoms with Crippen molar-refractivity contribution >= 4 is 28.4 Å². The lowest BCUT2D eigenvalue weighted by Gasteiger charge is -2.36. The van der Waals surface area contributed by atoms with Gasteiger partial charge in [-0.1, -0.05) is 12.1 Å². The van der Waals surface area contributed by atoms with Crippen LogP contribution in [0.1, 0.15) is 22.6 Å². The summed E-state index contributed by atoms with van der Waals surface area (Å²) in [5, 5.41) is 4.45. The number of aromatic amines is 1. The van der Waals surface area contributed by atoms with Crippen molar-refractivity contribution in [1.82, 2.24) is 19.9 Å². The van der Waals surface area contributed by atoms with E-state index in [-0.39, 0.29) is 5.82 Å². The summed E-state index contributed by atoms with van der Waals surface area (Å²) in [5.74, 6) is 3.31. The van der Waals surface area contributed by atoms with Gasteiger partial charge in [0.2, 0.25) is 0 Å². The summed E-state index contributed by atoms with van der Waals surface area (Å²) in [6.07, 6.45) is 2.61. The topological polar surface area (TPSA) is 73.0 Å². The summed E-state index contributed by atoms with van der Waals surface area (Å²) in [7, 11) is 0. The van der Waals surface area contributed by atoms with Crippen molar-refractivity contribution in [3.8, 4) is 0 Å². The highest BCUT2D eigenvalue weighted by atomic mass is 19.1. The third-order valence-electron chi connectivity index (χ3n) is 6.51. The van der Waals surface area contributed by atoms with Gasteiger partial charge in [0, 0.05) is 56.1 Å². The molecule has 1 aromatic carbocycles. The Bertz CT molecular complexity index is 1290. The molecule has 0 amide bonds. The van der Waals surface area contributed by atoms with Gasteiger partial charge in [-0.2, -0.15) is 0 Å². The highest BCUT2D eigenvalue weighted by Gasteiger charge is 2.20. The number of nitrogens with zero attached hydrogens (tertiary/aromatic N) is 5. The van der Waals surface area contributed by atoms with E-state index in [0.29, 0.717) is 12.1 Å². The number of nitrogens with one attached hydrogen (secondary N) is 2. The predicted octanol–water partition coefficient (Wildman–Crippen LogP) is 4.40. The number of hydrogen-bond donors (Lipinski definition) is 2. The van der Waals surface area contributed by atoms with Crippen molar-refractivity contribution < 1.29 is 4.39 Å². The molecule has 0 bridgehead atoms. The molecule has 1 fully saturated rings. The van der Waals surface area contributed by atoms with Crippen LogP contribution in [0.3, 0.4) is 0 Å². The minimum absolute atomic E-state index is 0.206. The summed E-state index contributed by atoms with van der Waals surface area (Å²) in [6, 6.07) is 11.4. The fourth-order valence-corrected chi connectivity index (χ4v) is 4.78. The molecule has 3 aromatic heterocycles. The number of pyridine rings is 1. The molecule has 1 saturated heterocycles. The van der Waals surface area contributed by atoms with Gasteiger partial charge in [0.05, 0.1) is 5.52 Å². The fourth-order valence-electron chi connectivity index (χ4n) is 4.78. The van der Waals surface area contributed by atoms with Gasteiger partial charge in [0.15, 0.2) is 0 Å². The molecule has 1 aliphatic heterocycles. The van der Waals surface area contributed by atoms with Crippen LogP contribution in [0.5, 0.6) is 0 Å². The molecule has 0 saturated carbocycles. The molecule has 7 nitrogen and oxygen atoms in total. The van der Waals surface area contributed by atoms with Crippen LogP contribution in [-0.4, -0.2) is 52.7 Å². The van der Waals surface area contributed by atoms with E-state index < -0.39 is 0 Å². The van der Waals surface area contributed by atoms with E-state index in [9.17, 15) is 4.39 Å². The number of halogens is 1. The molecule has 0 radical (unpaired) electrons. The molecule has 4 heterocycles. The number of aryl methyl sites for hydroxylation is 3. The molecule has 4 aromatic rings. The van der Waals surface area contributed by atoms with Gasteiger partial charge in [-0.25, -0.2) is 19.3 Å². The highest BCUT2D eigenvalue weighted by molar-refractivity contribution is 5.88. The number of fused-ring (bicyclic) bond motifs is 1. The van der Waals surface area contributed by atoms with Crippen LogP contribution in [-0.2, 0) is 6.42 Å². The Kier molecular flexibility index (Phi) is 6.04. The van der Waals surface area contributed by atoms with E-state index in [2.05, 4.69) is 41.1 Å². The lowest BCUT2D eigenvalue weighted by molar-refractivity contribution is 0.637. The van der Waals surface area contributed by atoms with E-state index in [1.54, 1.807) is 0 Å². The van der Waals surface area contributed by atoms with Gasteiger partial charge in [0.25, 0.3) is 0 Å². The normalized spacial score (nSPS) is 14.1. The summed E-state index contributed by atoms with van der Waals surface area (Å²) in [6.45, 7) is 10.2. The molecule has 0 unspecified atom stereocenters. The lowest BCUT2D eigenvalue weighted by atomic mass is 10.0. The average molecular weight is 460 g/mol. The number of anilines is 3. The van der Waals surface area contributed by atoms with E-state index in [1.807, 2.05) is 51.2 Å². The maximum Gasteiger partial charge on any atom is 0.147 e. The van der Waals surface area contributed by atoms with Crippen LogP contribution in [0, 0.1) is 26.6 Å². The number of hydrogen-bond acceptors (Lipinski definition) is 6. The quantitative estimate of drug-likeness (QED) is 0.445. The number of H-pyrrole nitrogens is 1. The third kappa shape index (κ3) is 4.40. The Labute approximate surface area is 199 Å². The smallest absolute Gasteiger partial charge is 0.147 e. The van der Waals surface area contributed by atoms with Crippen LogP contribution >= 0.6 is 0 Å². The highest BCUT2D eigenvalue weighted by Crippen LogP contribution is 2.28. The standard InChI is InChI=1S/C26H30FN7/c1-17-7-8-21(27)26-25(17)20(18(2)30-26)9-11-28-22-16-24(32-19(3)31-22)34-14-12-33(13-15-34)23-6-4-5-10-29-23/h4-8,10,16,30H,9,11-15H2,1-3H3,(H,28,31,32). The zero-order valence-corrected chi connectivity index (χ0v) is 19.9. The van der Waals surface area contributed by atoms with E-state index in [4.69, 9.17) is 0 Å². The van der Waals surface area contributed by atoms with Crippen molar-refractivity contribution in [2.75, 3.05) is 47.8 Å². The van der Waals surface area contributed by atoms with Crippen LogP contribution < -0.4 is 15.1 Å². The molecule has 0 spiro atoms. The second kappa shape index (κ2) is 9.29.